The minimum absolute atomic E-state index is 0.283. The summed E-state index contributed by atoms with van der Waals surface area (Å²) in [6.45, 7) is 8.09. The van der Waals surface area contributed by atoms with Gasteiger partial charge in [0.2, 0.25) is 11.8 Å². The number of nitrogens with one attached hydrogen (secondary N) is 2. The van der Waals surface area contributed by atoms with E-state index >= 15 is 0 Å². The number of imidazole rings is 1. The summed E-state index contributed by atoms with van der Waals surface area (Å²) in [4.78, 5) is 32.7. The number of amides is 1. The van der Waals surface area contributed by atoms with Gasteiger partial charge in [-0.25, -0.2) is 15.0 Å². The van der Waals surface area contributed by atoms with Gasteiger partial charge in [0.1, 0.15) is 11.4 Å². The highest BCUT2D eigenvalue weighted by molar-refractivity contribution is 6.05. The van der Waals surface area contributed by atoms with Crippen LogP contribution >= 0.6 is 0 Å². The second-order valence-electron chi connectivity index (χ2n) is 7.78. The van der Waals surface area contributed by atoms with Crippen molar-refractivity contribution in [2.45, 2.75) is 13.8 Å². The van der Waals surface area contributed by atoms with E-state index in [4.69, 9.17) is 4.74 Å². The summed E-state index contributed by atoms with van der Waals surface area (Å²) < 4.78 is 7.50. The summed E-state index contributed by atoms with van der Waals surface area (Å²) in [7, 11) is 0. The number of aryl methyl sites for hydroxylation is 1. The molecule has 3 aromatic heterocycles. The van der Waals surface area contributed by atoms with Crippen LogP contribution in [0.4, 0.5) is 11.8 Å². The standard InChI is InChI=1S/C20H24N8O2/c1-3-30-19-15(6-23-20(26-19)28-9-13-4-21-5-14(13)10-28)18(29)25-16-11-27-8-12(2)24-17(27)7-22-16/h6-8,11,13-14,21H,3-5,9-10H2,1-2H3,(H,25,29). The second kappa shape index (κ2) is 7.52. The first kappa shape index (κ1) is 18.7. The summed E-state index contributed by atoms with van der Waals surface area (Å²) in [5.74, 6) is 2.19. The lowest BCUT2D eigenvalue weighted by molar-refractivity contribution is 0.102. The maximum atomic E-state index is 12.9. The Balaban J connectivity index is 1.37. The summed E-state index contributed by atoms with van der Waals surface area (Å²) in [5, 5.41) is 6.23. The lowest BCUT2D eigenvalue weighted by Gasteiger charge is -2.19. The maximum Gasteiger partial charge on any atom is 0.263 e. The molecule has 0 spiro atoms. The van der Waals surface area contributed by atoms with Gasteiger partial charge >= 0.3 is 0 Å². The van der Waals surface area contributed by atoms with Crippen LogP contribution < -0.4 is 20.3 Å². The fraction of sp³-hybridized carbons (Fsp3) is 0.450. The molecule has 30 heavy (non-hydrogen) atoms. The van der Waals surface area contributed by atoms with E-state index in [9.17, 15) is 4.79 Å². The predicted octanol–water partition coefficient (Wildman–Crippen LogP) is 1.13. The second-order valence-corrected chi connectivity index (χ2v) is 7.78. The summed E-state index contributed by atoms with van der Waals surface area (Å²) >= 11 is 0. The molecule has 2 unspecified atom stereocenters. The fourth-order valence-electron chi connectivity index (χ4n) is 4.21. The smallest absolute Gasteiger partial charge is 0.263 e. The minimum atomic E-state index is -0.365. The molecule has 3 aromatic rings. The number of carbonyl (C=O) groups excluding carboxylic acids is 1. The van der Waals surface area contributed by atoms with Crippen molar-refractivity contribution in [2.24, 2.45) is 11.8 Å². The lowest BCUT2D eigenvalue weighted by Crippen LogP contribution is -2.27. The van der Waals surface area contributed by atoms with Crippen molar-refractivity contribution in [3.05, 3.63) is 36.0 Å². The molecule has 2 aliphatic rings. The molecule has 156 valence electrons. The van der Waals surface area contributed by atoms with Crippen LogP contribution in [-0.2, 0) is 0 Å². The molecule has 2 N–H and O–H groups in total. The van der Waals surface area contributed by atoms with E-state index in [1.807, 2.05) is 24.4 Å². The highest BCUT2D eigenvalue weighted by Crippen LogP contribution is 2.30. The molecule has 2 saturated heterocycles. The Hall–Kier alpha value is -3.27. The Labute approximate surface area is 173 Å². The van der Waals surface area contributed by atoms with Crippen molar-refractivity contribution in [1.29, 1.82) is 0 Å². The number of carbonyl (C=O) groups is 1. The average Bonchev–Trinajstić information content (AvgIpc) is 3.41. The Morgan fingerprint density at radius 1 is 1.20 bits per heavy atom. The minimum Gasteiger partial charge on any atom is -0.477 e. The molecular formula is C20H24N8O2. The van der Waals surface area contributed by atoms with Gasteiger partial charge in [-0.15, -0.1) is 0 Å². The number of hydrogen-bond acceptors (Lipinski definition) is 8. The van der Waals surface area contributed by atoms with Crippen molar-refractivity contribution in [3.63, 3.8) is 0 Å². The topological polar surface area (TPSA) is 110 Å². The van der Waals surface area contributed by atoms with Crippen LogP contribution in [0.2, 0.25) is 0 Å². The van der Waals surface area contributed by atoms with E-state index in [0.29, 0.717) is 30.2 Å². The van der Waals surface area contributed by atoms with Crippen molar-refractivity contribution in [2.75, 3.05) is 43.0 Å². The van der Waals surface area contributed by atoms with Crippen molar-refractivity contribution >= 4 is 23.3 Å². The number of nitrogens with zero attached hydrogens (tertiary/aromatic N) is 6. The third-order valence-corrected chi connectivity index (χ3v) is 5.64. The summed E-state index contributed by atoms with van der Waals surface area (Å²) in [6.07, 6.45) is 6.75. The van der Waals surface area contributed by atoms with E-state index in [0.717, 1.165) is 37.5 Å². The highest BCUT2D eigenvalue weighted by Gasteiger charge is 2.37. The molecule has 10 heteroatoms. The zero-order chi connectivity index (χ0) is 20.7. The number of ether oxygens (including phenoxy) is 1. The quantitative estimate of drug-likeness (QED) is 0.647. The number of rotatable bonds is 5. The van der Waals surface area contributed by atoms with E-state index in [2.05, 4.69) is 35.5 Å². The Morgan fingerprint density at radius 2 is 2.00 bits per heavy atom. The SMILES string of the molecule is CCOc1nc(N2CC3CNCC3C2)ncc1C(=O)Nc1cn2cc(C)nc2cn1. The van der Waals surface area contributed by atoms with Gasteiger partial charge in [0.25, 0.3) is 5.91 Å². The molecule has 1 amide bonds. The number of fused-ring (bicyclic) bond motifs is 2. The number of hydrogen-bond donors (Lipinski definition) is 2. The van der Waals surface area contributed by atoms with Crippen LogP contribution in [-0.4, -0.2) is 63.0 Å². The molecule has 0 aromatic carbocycles. The van der Waals surface area contributed by atoms with Crippen LogP contribution in [0.1, 0.15) is 23.0 Å². The van der Waals surface area contributed by atoms with Crippen LogP contribution in [0, 0.1) is 18.8 Å². The summed E-state index contributed by atoms with van der Waals surface area (Å²) in [6, 6.07) is 0. The van der Waals surface area contributed by atoms with Crippen molar-refractivity contribution in [1.82, 2.24) is 29.7 Å². The van der Waals surface area contributed by atoms with E-state index < -0.39 is 0 Å². The Bertz CT molecular complexity index is 1090. The van der Waals surface area contributed by atoms with Crippen LogP contribution in [0.3, 0.4) is 0 Å². The third kappa shape index (κ3) is 3.43. The largest absolute Gasteiger partial charge is 0.477 e. The van der Waals surface area contributed by atoms with Gasteiger partial charge in [-0.2, -0.15) is 4.98 Å². The van der Waals surface area contributed by atoms with Crippen molar-refractivity contribution in [3.8, 4) is 5.88 Å². The van der Waals surface area contributed by atoms with E-state index in [1.54, 1.807) is 12.4 Å². The predicted molar refractivity (Wildman–Crippen MR) is 111 cm³/mol. The number of aromatic nitrogens is 5. The van der Waals surface area contributed by atoms with Gasteiger partial charge in [0.05, 0.1) is 24.7 Å². The van der Waals surface area contributed by atoms with Crippen LogP contribution in [0.15, 0.2) is 24.8 Å². The Morgan fingerprint density at radius 3 is 2.77 bits per heavy atom. The normalized spacial score (nSPS) is 20.5. The molecule has 0 saturated carbocycles. The molecule has 2 fully saturated rings. The van der Waals surface area contributed by atoms with E-state index in [1.165, 1.54) is 6.20 Å². The zero-order valence-corrected chi connectivity index (χ0v) is 17.0. The lowest BCUT2D eigenvalue weighted by atomic mass is 10.0. The molecule has 0 radical (unpaired) electrons. The summed E-state index contributed by atoms with van der Waals surface area (Å²) in [5.41, 5.74) is 1.88. The molecule has 2 atom stereocenters. The molecule has 5 rings (SSSR count). The first-order chi connectivity index (χ1) is 14.6. The Kier molecular flexibility index (Phi) is 4.70. The fourth-order valence-corrected chi connectivity index (χ4v) is 4.21. The van der Waals surface area contributed by atoms with Gasteiger partial charge in [-0.3, -0.25) is 4.79 Å². The van der Waals surface area contributed by atoms with Gasteiger partial charge in [-0.1, -0.05) is 0 Å². The first-order valence-corrected chi connectivity index (χ1v) is 10.2. The number of anilines is 2. The van der Waals surface area contributed by atoms with Crippen LogP contribution in [0.25, 0.3) is 5.65 Å². The van der Waals surface area contributed by atoms with Gasteiger partial charge in [0.15, 0.2) is 5.65 Å². The van der Waals surface area contributed by atoms with E-state index in [-0.39, 0.29) is 17.4 Å². The maximum absolute atomic E-state index is 12.9. The molecule has 0 bridgehead atoms. The molecule has 5 heterocycles. The van der Waals surface area contributed by atoms with Gasteiger partial charge in [0, 0.05) is 38.6 Å². The van der Waals surface area contributed by atoms with Crippen LogP contribution in [0.5, 0.6) is 5.88 Å². The molecule has 2 aliphatic heterocycles. The third-order valence-electron chi connectivity index (χ3n) is 5.64. The average molecular weight is 408 g/mol. The molecule has 0 aliphatic carbocycles. The first-order valence-electron chi connectivity index (χ1n) is 10.2. The molecular weight excluding hydrogens is 384 g/mol. The van der Waals surface area contributed by atoms with Gasteiger partial charge < -0.3 is 24.7 Å². The molecule has 10 nitrogen and oxygen atoms in total. The highest BCUT2D eigenvalue weighted by atomic mass is 16.5. The monoisotopic (exact) mass is 408 g/mol. The zero-order valence-electron chi connectivity index (χ0n) is 17.0. The van der Waals surface area contributed by atoms with Gasteiger partial charge in [-0.05, 0) is 25.7 Å². The van der Waals surface area contributed by atoms with Crippen molar-refractivity contribution < 1.29 is 9.53 Å².